The molecular weight excluding hydrogens is 334 g/mol. The predicted molar refractivity (Wildman–Crippen MR) is 109 cm³/mol. The van der Waals surface area contributed by atoms with E-state index in [-0.39, 0.29) is 11.8 Å². The van der Waals surface area contributed by atoms with Gasteiger partial charge in [-0.3, -0.25) is 9.69 Å². The van der Waals surface area contributed by atoms with Gasteiger partial charge in [0.05, 0.1) is 5.92 Å². The zero-order valence-electron chi connectivity index (χ0n) is 16.1. The van der Waals surface area contributed by atoms with E-state index in [9.17, 15) is 4.79 Å². The molecule has 3 aliphatic rings. The Morgan fingerprint density at radius 2 is 2.15 bits per heavy atom. The number of hydrogen-bond acceptors (Lipinski definition) is 2. The zero-order valence-corrected chi connectivity index (χ0v) is 16.1. The summed E-state index contributed by atoms with van der Waals surface area (Å²) in [4.78, 5) is 21.2. The van der Waals surface area contributed by atoms with Gasteiger partial charge in [-0.25, -0.2) is 0 Å². The van der Waals surface area contributed by atoms with Crippen LogP contribution in [0, 0.1) is 5.92 Å². The number of carbonyl (C=O) groups is 1. The fourth-order valence-corrected chi connectivity index (χ4v) is 5.49. The van der Waals surface area contributed by atoms with E-state index in [1.165, 1.54) is 27.6 Å². The fraction of sp³-hybridized carbons (Fsp3) is 0.435. The van der Waals surface area contributed by atoms with Crippen LogP contribution in [0.4, 0.5) is 0 Å². The van der Waals surface area contributed by atoms with Crippen molar-refractivity contribution in [2.24, 2.45) is 5.92 Å². The fourth-order valence-electron chi connectivity index (χ4n) is 5.49. The van der Waals surface area contributed by atoms with Crippen LogP contribution in [-0.4, -0.2) is 51.9 Å². The Morgan fingerprint density at radius 3 is 2.89 bits per heavy atom. The standard InChI is InChI=1S/C23H27N3O/c1-4-8-25-13-17(23(27)26-14(2)9-15(26)3)10-19-18-6-5-7-20-22(18)16(12-24-20)11-21(19)25/h4-7,10,12,14-15,17,21,24H,1,8-9,11,13H2,2-3H3/t14?,15?,17-,21-/m1/s1. The molecule has 0 saturated carbocycles. The number of nitrogens with one attached hydrogen (secondary N) is 1. The number of aromatic nitrogens is 1. The summed E-state index contributed by atoms with van der Waals surface area (Å²) in [5.74, 6) is 0.213. The number of aromatic amines is 1. The van der Waals surface area contributed by atoms with Crippen molar-refractivity contribution in [1.29, 1.82) is 0 Å². The topological polar surface area (TPSA) is 39.3 Å². The number of fused-ring (bicyclic) bond motifs is 2. The van der Waals surface area contributed by atoms with Crippen molar-refractivity contribution >= 4 is 22.4 Å². The summed E-state index contributed by atoms with van der Waals surface area (Å²) in [6.07, 6.45) is 8.49. The van der Waals surface area contributed by atoms with E-state index in [1.807, 2.05) is 6.08 Å². The van der Waals surface area contributed by atoms with Crippen LogP contribution in [0.3, 0.4) is 0 Å². The lowest BCUT2D eigenvalue weighted by Gasteiger charge is -2.48. The number of nitrogens with zero attached hydrogens (tertiary/aromatic N) is 2. The Balaban J connectivity index is 1.59. The van der Waals surface area contributed by atoms with Crippen molar-refractivity contribution in [3.63, 3.8) is 0 Å². The van der Waals surface area contributed by atoms with Crippen molar-refractivity contribution in [2.75, 3.05) is 13.1 Å². The van der Waals surface area contributed by atoms with E-state index in [2.05, 4.69) is 65.7 Å². The van der Waals surface area contributed by atoms with E-state index in [1.54, 1.807) is 0 Å². The van der Waals surface area contributed by atoms with Gasteiger partial charge < -0.3 is 9.88 Å². The highest BCUT2D eigenvalue weighted by atomic mass is 16.2. The zero-order chi connectivity index (χ0) is 18.7. The van der Waals surface area contributed by atoms with E-state index in [0.717, 1.165) is 25.9 Å². The Morgan fingerprint density at radius 1 is 1.33 bits per heavy atom. The predicted octanol–water partition coefficient (Wildman–Crippen LogP) is 3.60. The molecule has 140 valence electrons. The molecule has 1 aromatic carbocycles. The van der Waals surface area contributed by atoms with Gasteiger partial charge in [-0.1, -0.05) is 24.3 Å². The molecule has 1 aromatic heterocycles. The number of rotatable bonds is 3. The molecule has 1 aliphatic carbocycles. The second-order valence-corrected chi connectivity index (χ2v) is 8.41. The van der Waals surface area contributed by atoms with E-state index >= 15 is 0 Å². The Labute approximate surface area is 160 Å². The number of likely N-dealkylation sites (tertiary alicyclic amines) is 1. The highest BCUT2D eigenvalue weighted by Gasteiger charge is 2.42. The summed E-state index contributed by atoms with van der Waals surface area (Å²) in [5, 5.41) is 1.33. The SMILES string of the molecule is C=CCN1C[C@H](C(=O)N2C(C)CC2C)C=C2c3cccc4[nH]cc(c34)C[C@H]21. The molecule has 4 heteroatoms. The molecule has 1 fully saturated rings. The van der Waals surface area contributed by atoms with Gasteiger partial charge in [0.2, 0.25) is 5.91 Å². The lowest BCUT2D eigenvalue weighted by atomic mass is 9.79. The van der Waals surface area contributed by atoms with Crippen molar-refractivity contribution in [3.8, 4) is 0 Å². The highest BCUT2D eigenvalue weighted by molar-refractivity contribution is 5.99. The summed E-state index contributed by atoms with van der Waals surface area (Å²) >= 11 is 0. The van der Waals surface area contributed by atoms with E-state index < -0.39 is 0 Å². The van der Waals surface area contributed by atoms with Crippen LogP contribution in [0.1, 0.15) is 31.4 Å². The summed E-state index contributed by atoms with van der Waals surface area (Å²) in [5.41, 5.74) is 5.18. The Hall–Kier alpha value is -2.33. The first-order valence-electron chi connectivity index (χ1n) is 10.1. The molecule has 5 rings (SSSR count). The minimum absolute atomic E-state index is 0.0721. The summed E-state index contributed by atoms with van der Waals surface area (Å²) in [6, 6.07) is 7.52. The minimum Gasteiger partial charge on any atom is -0.361 e. The maximum Gasteiger partial charge on any atom is 0.231 e. The lowest BCUT2D eigenvalue weighted by molar-refractivity contribution is -0.146. The molecule has 0 spiro atoms. The molecule has 2 aromatic rings. The molecule has 1 saturated heterocycles. The third-order valence-electron chi connectivity index (χ3n) is 6.69. The van der Waals surface area contributed by atoms with Crippen molar-refractivity contribution in [2.45, 2.75) is 44.8 Å². The summed E-state index contributed by atoms with van der Waals surface area (Å²) in [6.45, 7) is 9.87. The molecule has 0 radical (unpaired) electrons. The number of carbonyl (C=O) groups excluding carboxylic acids is 1. The van der Waals surface area contributed by atoms with Crippen LogP contribution in [0.15, 0.2) is 43.1 Å². The van der Waals surface area contributed by atoms with Crippen molar-refractivity contribution in [1.82, 2.24) is 14.8 Å². The van der Waals surface area contributed by atoms with E-state index in [4.69, 9.17) is 0 Å². The monoisotopic (exact) mass is 361 g/mol. The molecule has 3 heterocycles. The van der Waals surface area contributed by atoms with Gasteiger partial charge >= 0.3 is 0 Å². The molecule has 0 bridgehead atoms. The molecular formula is C23H27N3O. The van der Waals surface area contributed by atoms with Gasteiger partial charge in [-0.05, 0) is 49.5 Å². The van der Waals surface area contributed by atoms with Crippen molar-refractivity contribution < 1.29 is 4.79 Å². The van der Waals surface area contributed by atoms with Crippen molar-refractivity contribution in [3.05, 3.63) is 54.3 Å². The molecule has 27 heavy (non-hydrogen) atoms. The molecule has 1 amide bonds. The second-order valence-electron chi connectivity index (χ2n) is 8.41. The number of amides is 1. The third kappa shape index (κ3) is 2.43. The summed E-state index contributed by atoms with van der Waals surface area (Å²) in [7, 11) is 0. The van der Waals surface area contributed by atoms with Gasteiger partial charge in [0.15, 0.2) is 0 Å². The molecule has 1 N–H and O–H groups in total. The summed E-state index contributed by atoms with van der Waals surface area (Å²) < 4.78 is 0. The number of H-pyrrole nitrogens is 1. The maximum atomic E-state index is 13.3. The first-order chi connectivity index (χ1) is 13.1. The van der Waals surface area contributed by atoms with Gasteiger partial charge in [0, 0.05) is 48.3 Å². The van der Waals surface area contributed by atoms with Crippen LogP contribution in [-0.2, 0) is 11.2 Å². The average Bonchev–Trinajstić information content (AvgIpc) is 3.06. The number of hydrogen-bond donors (Lipinski definition) is 1. The van der Waals surface area contributed by atoms with Gasteiger partial charge in [-0.2, -0.15) is 0 Å². The van der Waals surface area contributed by atoms with Crippen LogP contribution in [0.2, 0.25) is 0 Å². The smallest absolute Gasteiger partial charge is 0.231 e. The first kappa shape index (κ1) is 16.8. The molecule has 4 atom stereocenters. The largest absolute Gasteiger partial charge is 0.361 e. The molecule has 2 aliphatic heterocycles. The van der Waals surface area contributed by atoms with Crippen LogP contribution in [0.5, 0.6) is 0 Å². The quantitative estimate of drug-likeness (QED) is 0.849. The Bertz CT molecular complexity index is 948. The Kier molecular flexibility index (Phi) is 3.80. The minimum atomic E-state index is -0.0721. The van der Waals surface area contributed by atoms with E-state index in [0.29, 0.717) is 18.1 Å². The number of benzene rings is 1. The van der Waals surface area contributed by atoms with Gasteiger partial charge in [0.25, 0.3) is 0 Å². The van der Waals surface area contributed by atoms with Crippen LogP contribution >= 0.6 is 0 Å². The lowest BCUT2D eigenvalue weighted by Crippen LogP contribution is -2.59. The molecule has 2 unspecified atom stereocenters. The van der Waals surface area contributed by atoms with Gasteiger partial charge in [-0.15, -0.1) is 6.58 Å². The maximum absolute atomic E-state index is 13.3. The van der Waals surface area contributed by atoms with Crippen LogP contribution in [0.25, 0.3) is 16.5 Å². The normalized spacial score (nSPS) is 29.9. The first-order valence-corrected chi connectivity index (χ1v) is 10.1. The second kappa shape index (κ2) is 6.10. The van der Waals surface area contributed by atoms with Crippen LogP contribution < -0.4 is 0 Å². The van der Waals surface area contributed by atoms with Gasteiger partial charge in [0.1, 0.15) is 0 Å². The third-order valence-corrected chi connectivity index (χ3v) is 6.69. The highest BCUT2D eigenvalue weighted by Crippen LogP contribution is 2.42. The average molecular weight is 361 g/mol. The molecule has 4 nitrogen and oxygen atoms in total.